The van der Waals surface area contributed by atoms with Gasteiger partial charge in [-0.25, -0.2) is 4.98 Å². The topological polar surface area (TPSA) is 71.3 Å². The van der Waals surface area contributed by atoms with E-state index in [0.717, 1.165) is 35.2 Å². The summed E-state index contributed by atoms with van der Waals surface area (Å²) in [6.07, 6.45) is 7.38. The number of piperidine rings is 1. The van der Waals surface area contributed by atoms with Crippen molar-refractivity contribution in [3.8, 4) is 10.7 Å². The maximum Gasteiger partial charge on any atom is 0.226 e. The predicted molar refractivity (Wildman–Crippen MR) is 109 cm³/mol. The van der Waals surface area contributed by atoms with E-state index in [2.05, 4.69) is 20.2 Å². The number of aromatic nitrogens is 2. The second kappa shape index (κ2) is 9.12. The number of amides is 1. The highest BCUT2D eigenvalue weighted by Gasteiger charge is 2.25. The van der Waals surface area contributed by atoms with Crippen LogP contribution < -0.4 is 5.32 Å². The second-order valence-electron chi connectivity index (χ2n) is 6.97. The van der Waals surface area contributed by atoms with Gasteiger partial charge in [-0.05, 0) is 50.2 Å². The molecule has 1 fully saturated rings. The average molecular weight is 397 g/mol. The standard InChI is InChI=1S/C21H24N4O2S/c26-20(13-16-15-28-21(24-16)17-7-2-3-9-22-17)23-14-18(19-8-6-12-27-19)25-10-4-1-5-11-25/h2-3,6-9,12,15,18H,1,4-5,10-11,13-14H2,(H,23,26). The SMILES string of the molecule is O=C(Cc1csc(-c2ccccn2)n1)NCC(c1ccco1)N1CCCCC1. The average Bonchev–Trinajstić information content (AvgIpc) is 3.42. The van der Waals surface area contributed by atoms with Gasteiger partial charge in [0, 0.05) is 18.1 Å². The van der Waals surface area contributed by atoms with Gasteiger partial charge >= 0.3 is 0 Å². The summed E-state index contributed by atoms with van der Waals surface area (Å²) < 4.78 is 5.64. The Morgan fingerprint density at radius 3 is 2.86 bits per heavy atom. The highest BCUT2D eigenvalue weighted by Crippen LogP contribution is 2.25. The Bertz CT molecular complexity index is 873. The van der Waals surface area contributed by atoms with E-state index >= 15 is 0 Å². The molecule has 1 amide bonds. The molecule has 0 spiro atoms. The molecule has 6 nitrogen and oxygen atoms in total. The molecule has 1 saturated heterocycles. The summed E-state index contributed by atoms with van der Waals surface area (Å²) in [6, 6.07) is 9.72. The molecule has 3 aromatic heterocycles. The lowest BCUT2D eigenvalue weighted by Crippen LogP contribution is -2.40. The fourth-order valence-corrected chi connectivity index (χ4v) is 4.35. The molecule has 1 N–H and O–H groups in total. The predicted octanol–water partition coefficient (Wildman–Crippen LogP) is 3.68. The molecule has 1 atom stereocenters. The fourth-order valence-electron chi connectivity index (χ4n) is 3.55. The molecule has 3 aromatic rings. The van der Waals surface area contributed by atoms with Gasteiger partial charge in [-0.2, -0.15) is 0 Å². The third kappa shape index (κ3) is 4.66. The molecule has 0 radical (unpaired) electrons. The summed E-state index contributed by atoms with van der Waals surface area (Å²) in [5.74, 6) is 0.889. The molecule has 1 aliphatic heterocycles. The zero-order chi connectivity index (χ0) is 19.2. The maximum atomic E-state index is 12.5. The van der Waals surface area contributed by atoms with E-state index < -0.39 is 0 Å². The van der Waals surface area contributed by atoms with Gasteiger partial charge in [0.15, 0.2) is 0 Å². The molecule has 1 aliphatic rings. The Morgan fingerprint density at radius 2 is 2.11 bits per heavy atom. The molecule has 4 rings (SSSR count). The van der Waals surface area contributed by atoms with Gasteiger partial charge in [0.1, 0.15) is 10.8 Å². The minimum absolute atomic E-state index is 0.0218. The molecule has 7 heteroatoms. The van der Waals surface area contributed by atoms with E-state index in [1.165, 1.54) is 30.6 Å². The molecule has 0 aromatic carbocycles. The van der Waals surface area contributed by atoms with E-state index in [1.807, 2.05) is 35.7 Å². The Hall–Kier alpha value is -2.51. The number of hydrogen-bond donors (Lipinski definition) is 1. The number of pyridine rings is 1. The first-order chi connectivity index (χ1) is 13.8. The van der Waals surface area contributed by atoms with E-state index in [1.54, 1.807) is 12.5 Å². The van der Waals surface area contributed by atoms with Gasteiger partial charge < -0.3 is 9.73 Å². The van der Waals surface area contributed by atoms with Crippen molar-refractivity contribution >= 4 is 17.2 Å². The Morgan fingerprint density at radius 1 is 1.21 bits per heavy atom. The van der Waals surface area contributed by atoms with Crippen molar-refractivity contribution in [1.82, 2.24) is 20.2 Å². The maximum absolute atomic E-state index is 12.5. The van der Waals surface area contributed by atoms with Gasteiger partial charge in [-0.15, -0.1) is 11.3 Å². The fraction of sp³-hybridized carbons (Fsp3) is 0.381. The first kappa shape index (κ1) is 18.8. The molecular weight excluding hydrogens is 372 g/mol. The number of carbonyl (C=O) groups excluding carboxylic acids is 1. The first-order valence-electron chi connectivity index (χ1n) is 9.69. The minimum Gasteiger partial charge on any atom is -0.468 e. The minimum atomic E-state index is -0.0218. The van der Waals surface area contributed by atoms with Crippen LogP contribution in [0.4, 0.5) is 0 Å². The van der Waals surface area contributed by atoms with E-state index in [0.29, 0.717) is 6.54 Å². The monoisotopic (exact) mass is 396 g/mol. The summed E-state index contributed by atoms with van der Waals surface area (Å²) >= 11 is 1.51. The molecule has 0 saturated carbocycles. The molecule has 146 valence electrons. The van der Waals surface area contributed by atoms with Gasteiger partial charge in [-0.3, -0.25) is 14.7 Å². The number of nitrogens with one attached hydrogen (secondary N) is 1. The lowest BCUT2D eigenvalue weighted by Gasteiger charge is -2.33. The second-order valence-corrected chi connectivity index (χ2v) is 7.83. The number of nitrogens with zero attached hydrogens (tertiary/aromatic N) is 3. The van der Waals surface area contributed by atoms with Crippen LogP contribution >= 0.6 is 11.3 Å². The highest BCUT2D eigenvalue weighted by atomic mass is 32.1. The number of carbonyl (C=O) groups is 1. The molecule has 28 heavy (non-hydrogen) atoms. The quantitative estimate of drug-likeness (QED) is 0.660. The zero-order valence-electron chi connectivity index (χ0n) is 15.7. The van der Waals surface area contributed by atoms with Crippen LogP contribution in [0.2, 0.25) is 0 Å². The Balaban J connectivity index is 1.35. The van der Waals surface area contributed by atoms with Crippen molar-refractivity contribution in [2.45, 2.75) is 31.7 Å². The van der Waals surface area contributed by atoms with Crippen LogP contribution in [0.1, 0.15) is 36.8 Å². The summed E-state index contributed by atoms with van der Waals surface area (Å²) in [6.45, 7) is 2.63. The highest BCUT2D eigenvalue weighted by molar-refractivity contribution is 7.13. The van der Waals surface area contributed by atoms with E-state index in [4.69, 9.17) is 4.42 Å². The van der Waals surface area contributed by atoms with Crippen LogP contribution in [0.15, 0.2) is 52.6 Å². The third-order valence-corrected chi connectivity index (χ3v) is 5.89. The number of furan rings is 1. The number of hydrogen-bond acceptors (Lipinski definition) is 6. The lowest BCUT2D eigenvalue weighted by atomic mass is 10.1. The van der Waals surface area contributed by atoms with Crippen molar-refractivity contribution in [2.24, 2.45) is 0 Å². The van der Waals surface area contributed by atoms with Crippen LogP contribution in [0.3, 0.4) is 0 Å². The van der Waals surface area contributed by atoms with Gasteiger partial charge in [0.25, 0.3) is 0 Å². The van der Waals surface area contributed by atoms with Crippen LogP contribution in [0.5, 0.6) is 0 Å². The van der Waals surface area contributed by atoms with Crippen LogP contribution in [-0.4, -0.2) is 40.4 Å². The van der Waals surface area contributed by atoms with Crippen molar-refractivity contribution in [3.63, 3.8) is 0 Å². The molecular formula is C21H24N4O2S. The van der Waals surface area contributed by atoms with Crippen molar-refractivity contribution in [2.75, 3.05) is 19.6 Å². The molecule has 0 aliphatic carbocycles. The summed E-state index contributed by atoms with van der Waals surface area (Å²) in [4.78, 5) is 23.8. The Labute approximate surface area is 168 Å². The summed E-state index contributed by atoms with van der Waals surface area (Å²) in [5, 5.41) is 5.84. The summed E-state index contributed by atoms with van der Waals surface area (Å²) in [5.41, 5.74) is 1.61. The smallest absolute Gasteiger partial charge is 0.226 e. The van der Waals surface area contributed by atoms with Gasteiger partial charge in [-0.1, -0.05) is 12.5 Å². The van der Waals surface area contributed by atoms with Gasteiger partial charge in [0.05, 0.1) is 30.1 Å². The van der Waals surface area contributed by atoms with Crippen LogP contribution in [0, 0.1) is 0 Å². The molecule has 0 bridgehead atoms. The first-order valence-corrected chi connectivity index (χ1v) is 10.6. The Kier molecular flexibility index (Phi) is 6.14. The third-order valence-electron chi connectivity index (χ3n) is 4.97. The largest absolute Gasteiger partial charge is 0.468 e. The van der Waals surface area contributed by atoms with E-state index in [-0.39, 0.29) is 18.4 Å². The molecule has 1 unspecified atom stereocenters. The normalized spacial score (nSPS) is 16.0. The van der Waals surface area contributed by atoms with Crippen molar-refractivity contribution < 1.29 is 9.21 Å². The lowest BCUT2D eigenvalue weighted by molar-refractivity contribution is -0.120. The molecule has 4 heterocycles. The summed E-state index contributed by atoms with van der Waals surface area (Å²) in [7, 11) is 0. The van der Waals surface area contributed by atoms with Crippen LogP contribution in [0.25, 0.3) is 10.7 Å². The van der Waals surface area contributed by atoms with Crippen molar-refractivity contribution in [3.05, 3.63) is 59.6 Å². The van der Waals surface area contributed by atoms with Crippen LogP contribution in [-0.2, 0) is 11.2 Å². The zero-order valence-corrected chi connectivity index (χ0v) is 16.5. The number of rotatable bonds is 7. The number of thiazole rings is 1. The number of likely N-dealkylation sites (tertiary alicyclic amines) is 1. The van der Waals surface area contributed by atoms with Crippen molar-refractivity contribution in [1.29, 1.82) is 0 Å². The van der Waals surface area contributed by atoms with Gasteiger partial charge in [0.2, 0.25) is 5.91 Å². The van der Waals surface area contributed by atoms with E-state index in [9.17, 15) is 4.79 Å².